The lowest BCUT2D eigenvalue weighted by atomic mass is 10.1. The van der Waals surface area contributed by atoms with Crippen molar-refractivity contribution in [2.45, 2.75) is 6.10 Å². The quantitative estimate of drug-likeness (QED) is 0.604. The Kier molecular flexibility index (Phi) is 5.85. The van der Waals surface area contributed by atoms with Gasteiger partial charge in [0.15, 0.2) is 5.96 Å². The van der Waals surface area contributed by atoms with Crippen LogP contribution in [0.25, 0.3) is 0 Å². The lowest BCUT2D eigenvalue weighted by molar-refractivity contribution is 0.0672. The Hall–Kier alpha value is -1.99. The molecule has 1 aliphatic heterocycles. The second kappa shape index (κ2) is 7.86. The lowest BCUT2D eigenvalue weighted by Crippen LogP contribution is -2.45. The van der Waals surface area contributed by atoms with Crippen LogP contribution in [0.5, 0.6) is 11.5 Å². The van der Waals surface area contributed by atoms with Crippen LogP contribution in [-0.2, 0) is 4.74 Å². The summed E-state index contributed by atoms with van der Waals surface area (Å²) in [5.41, 5.74) is 6.62. The number of nitrogens with two attached hydrogens (primary N) is 1. The van der Waals surface area contributed by atoms with Crippen LogP contribution < -0.4 is 15.2 Å². The van der Waals surface area contributed by atoms with Crippen LogP contribution in [0, 0.1) is 0 Å². The molecule has 7 heteroatoms. The standard InChI is InChI=1S/C15H23N3O4/c1-20-12-7-11(8-13(9-12)21-2)14(19)10-17-15(16)18-3-5-22-6-4-18/h7-9,14,19H,3-6,10H2,1-2H3,(H2,16,17). The molecule has 122 valence electrons. The van der Waals surface area contributed by atoms with Gasteiger partial charge in [-0.05, 0) is 17.7 Å². The van der Waals surface area contributed by atoms with Gasteiger partial charge in [0.25, 0.3) is 0 Å². The van der Waals surface area contributed by atoms with Crippen LogP contribution in [0.15, 0.2) is 23.2 Å². The number of methoxy groups -OCH3 is 2. The fraction of sp³-hybridized carbons (Fsp3) is 0.533. The van der Waals surface area contributed by atoms with Gasteiger partial charge in [-0.1, -0.05) is 0 Å². The molecule has 1 saturated heterocycles. The molecule has 1 heterocycles. The molecule has 1 aromatic rings. The molecular weight excluding hydrogens is 286 g/mol. The zero-order valence-electron chi connectivity index (χ0n) is 13.0. The zero-order chi connectivity index (χ0) is 15.9. The number of aliphatic hydroxyl groups excluding tert-OH is 1. The first-order chi connectivity index (χ1) is 10.6. The highest BCUT2D eigenvalue weighted by atomic mass is 16.5. The van der Waals surface area contributed by atoms with Crippen LogP contribution in [-0.4, -0.2) is 63.0 Å². The van der Waals surface area contributed by atoms with Gasteiger partial charge in [-0.2, -0.15) is 0 Å². The highest BCUT2D eigenvalue weighted by molar-refractivity contribution is 5.78. The highest BCUT2D eigenvalue weighted by Crippen LogP contribution is 2.26. The first-order valence-corrected chi connectivity index (χ1v) is 7.17. The van der Waals surface area contributed by atoms with Crippen molar-refractivity contribution in [1.82, 2.24) is 4.90 Å². The molecule has 0 aliphatic carbocycles. The van der Waals surface area contributed by atoms with Crippen molar-refractivity contribution in [3.63, 3.8) is 0 Å². The van der Waals surface area contributed by atoms with Crippen molar-refractivity contribution in [3.8, 4) is 11.5 Å². The van der Waals surface area contributed by atoms with Crippen LogP contribution >= 0.6 is 0 Å². The molecule has 1 unspecified atom stereocenters. The molecule has 0 spiro atoms. The number of ether oxygens (including phenoxy) is 3. The van der Waals surface area contributed by atoms with Gasteiger partial charge < -0.3 is 30.0 Å². The monoisotopic (exact) mass is 309 g/mol. The third kappa shape index (κ3) is 4.25. The number of benzene rings is 1. The highest BCUT2D eigenvalue weighted by Gasteiger charge is 2.14. The van der Waals surface area contributed by atoms with Gasteiger partial charge in [-0.3, -0.25) is 4.99 Å². The van der Waals surface area contributed by atoms with E-state index in [0.717, 1.165) is 13.1 Å². The van der Waals surface area contributed by atoms with E-state index in [0.29, 0.717) is 36.2 Å². The Morgan fingerprint density at radius 3 is 2.41 bits per heavy atom. The van der Waals surface area contributed by atoms with Gasteiger partial charge in [0.1, 0.15) is 11.5 Å². The largest absolute Gasteiger partial charge is 0.497 e. The summed E-state index contributed by atoms with van der Waals surface area (Å²) in [5, 5.41) is 10.3. The third-order valence-corrected chi connectivity index (χ3v) is 3.52. The third-order valence-electron chi connectivity index (χ3n) is 3.52. The van der Waals surface area contributed by atoms with E-state index < -0.39 is 6.10 Å². The van der Waals surface area contributed by atoms with Crippen molar-refractivity contribution in [2.75, 3.05) is 47.1 Å². The first-order valence-electron chi connectivity index (χ1n) is 7.17. The predicted molar refractivity (Wildman–Crippen MR) is 83.4 cm³/mol. The van der Waals surface area contributed by atoms with Crippen molar-refractivity contribution >= 4 is 5.96 Å². The summed E-state index contributed by atoms with van der Waals surface area (Å²) in [6.07, 6.45) is -0.774. The molecule has 1 aromatic carbocycles. The van der Waals surface area contributed by atoms with E-state index in [4.69, 9.17) is 19.9 Å². The fourth-order valence-electron chi connectivity index (χ4n) is 2.20. The van der Waals surface area contributed by atoms with Gasteiger partial charge in [-0.15, -0.1) is 0 Å². The summed E-state index contributed by atoms with van der Waals surface area (Å²) in [6.45, 7) is 2.91. The number of morpholine rings is 1. The second-order valence-corrected chi connectivity index (χ2v) is 4.96. The number of rotatable bonds is 5. The summed E-state index contributed by atoms with van der Waals surface area (Å²) in [6, 6.07) is 5.27. The van der Waals surface area contributed by atoms with Gasteiger partial charge in [0.2, 0.25) is 0 Å². The minimum absolute atomic E-state index is 0.180. The summed E-state index contributed by atoms with van der Waals surface area (Å²) in [5.74, 6) is 1.68. The Balaban J connectivity index is 2.03. The maximum absolute atomic E-state index is 10.3. The molecule has 1 fully saturated rings. The predicted octanol–water partition coefficient (Wildman–Crippen LogP) is 0.384. The minimum atomic E-state index is -0.774. The number of aliphatic hydroxyl groups is 1. The van der Waals surface area contributed by atoms with E-state index in [-0.39, 0.29) is 6.54 Å². The maximum Gasteiger partial charge on any atom is 0.191 e. The van der Waals surface area contributed by atoms with Gasteiger partial charge in [0, 0.05) is 19.2 Å². The Morgan fingerprint density at radius 1 is 1.27 bits per heavy atom. The molecular formula is C15H23N3O4. The molecule has 0 aromatic heterocycles. The molecule has 22 heavy (non-hydrogen) atoms. The van der Waals surface area contributed by atoms with E-state index in [1.54, 1.807) is 32.4 Å². The average molecular weight is 309 g/mol. The van der Waals surface area contributed by atoms with Crippen molar-refractivity contribution < 1.29 is 19.3 Å². The topological polar surface area (TPSA) is 89.5 Å². The maximum atomic E-state index is 10.3. The van der Waals surface area contributed by atoms with Crippen LogP contribution in [0.2, 0.25) is 0 Å². The molecule has 2 rings (SSSR count). The number of guanidine groups is 1. The number of hydrogen-bond acceptors (Lipinski definition) is 5. The van der Waals surface area contributed by atoms with E-state index in [1.807, 2.05) is 4.90 Å². The molecule has 0 bridgehead atoms. The molecule has 1 atom stereocenters. The Bertz CT molecular complexity index is 493. The van der Waals surface area contributed by atoms with Crippen molar-refractivity contribution in [1.29, 1.82) is 0 Å². The van der Waals surface area contributed by atoms with Crippen LogP contribution in [0.4, 0.5) is 0 Å². The number of hydrogen-bond donors (Lipinski definition) is 2. The molecule has 0 radical (unpaired) electrons. The molecule has 0 amide bonds. The summed E-state index contributed by atoms with van der Waals surface area (Å²) in [4.78, 5) is 6.22. The number of nitrogens with zero attached hydrogens (tertiary/aromatic N) is 2. The van der Waals surface area contributed by atoms with Crippen LogP contribution in [0.1, 0.15) is 11.7 Å². The van der Waals surface area contributed by atoms with Crippen molar-refractivity contribution in [2.24, 2.45) is 10.7 Å². The van der Waals surface area contributed by atoms with E-state index in [1.165, 1.54) is 0 Å². The molecule has 3 N–H and O–H groups in total. The number of aliphatic imine (C=N–C) groups is 1. The Morgan fingerprint density at radius 2 is 1.86 bits per heavy atom. The van der Waals surface area contributed by atoms with Crippen LogP contribution in [0.3, 0.4) is 0 Å². The fourth-order valence-corrected chi connectivity index (χ4v) is 2.20. The van der Waals surface area contributed by atoms with E-state index in [2.05, 4.69) is 4.99 Å². The summed E-state index contributed by atoms with van der Waals surface area (Å²) in [7, 11) is 3.14. The minimum Gasteiger partial charge on any atom is -0.497 e. The van der Waals surface area contributed by atoms with Gasteiger partial charge in [-0.25, -0.2) is 0 Å². The second-order valence-electron chi connectivity index (χ2n) is 4.96. The van der Waals surface area contributed by atoms with Crippen molar-refractivity contribution in [3.05, 3.63) is 23.8 Å². The molecule has 1 aliphatic rings. The SMILES string of the molecule is COc1cc(OC)cc(C(O)CN=C(N)N2CCOCC2)c1. The molecule has 7 nitrogen and oxygen atoms in total. The van der Waals surface area contributed by atoms with E-state index in [9.17, 15) is 5.11 Å². The Labute approximate surface area is 130 Å². The first kappa shape index (κ1) is 16.4. The smallest absolute Gasteiger partial charge is 0.191 e. The van der Waals surface area contributed by atoms with E-state index >= 15 is 0 Å². The normalized spacial score (nSPS) is 17.2. The molecule has 0 saturated carbocycles. The van der Waals surface area contributed by atoms with Gasteiger partial charge in [0.05, 0.1) is 40.1 Å². The van der Waals surface area contributed by atoms with Gasteiger partial charge >= 0.3 is 0 Å². The summed E-state index contributed by atoms with van der Waals surface area (Å²) >= 11 is 0. The lowest BCUT2D eigenvalue weighted by Gasteiger charge is -2.27. The zero-order valence-corrected chi connectivity index (χ0v) is 13.0. The average Bonchev–Trinajstić information content (AvgIpc) is 2.59. The summed E-state index contributed by atoms with van der Waals surface area (Å²) < 4.78 is 15.7.